The van der Waals surface area contributed by atoms with Crippen LogP contribution in [0.1, 0.15) is 5.56 Å². The van der Waals surface area contributed by atoms with Crippen LogP contribution < -0.4 is 9.47 Å². The lowest BCUT2D eigenvalue weighted by Gasteiger charge is -2.16. The summed E-state index contributed by atoms with van der Waals surface area (Å²) in [5, 5.41) is 4.11. The molecule has 5 nitrogen and oxygen atoms in total. The molecular weight excluding hydrogens is 350 g/mol. The minimum Gasteiger partial charge on any atom is -0.478 e. The van der Waals surface area contributed by atoms with Crippen molar-refractivity contribution in [3.8, 4) is 11.5 Å². The zero-order valence-corrected chi connectivity index (χ0v) is 15.4. The Morgan fingerprint density at radius 3 is 2.77 bits per heavy atom. The third-order valence-corrected chi connectivity index (χ3v) is 5.81. The minimum atomic E-state index is 0.187. The standard InChI is InChI=1S/C20H21NO4S/c1-22-21-20-17(9-14-7-8-18-19(10-14)25-13-24-18)15(11-23-20)12-26-16-5-3-2-4-6-16/h2-8,10,15,17H,9,11-13H2,1H3/b21-20-/t15-,17-/m0/s1. The molecule has 136 valence electrons. The average molecular weight is 371 g/mol. The van der Waals surface area contributed by atoms with Gasteiger partial charge in [-0.1, -0.05) is 29.4 Å². The SMILES string of the molecule is CO/N=C1\OC[C@@H](CSc2ccccc2)[C@@H]1Cc1ccc2c(c1)OCO2. The number of ether oxygens (including phenoxy) is 3. The first-order valence-corrected chi connectivity index (χ1v) is 9.62. The molecule has 26 heavy (non-hydrogen) atoms. The quantitative estimate of drug-likeness (QED) is 0.568. The van der Waals surface area contributed by atoms with Gasteiger partial charge < -0.3 is 19.0 Å². The molecule has 0 unspecified atom stereocenters. The van der Waals surface area contributed by atoms with E-state index in [2.05, 4.69) is 35.5 Å². The molecule has 0 aliphatic carbocycles. The van der Waals surface area contributed by atoms with Crippen LogP contribution in [0.5, 0.6) is 11.5 Å². The Morgan fingerprint density at radius 2 is 1.92 bits per heavy atom. The van der Waals surface area contributed by atoms with E-state index in [-0.39, 0.29) is 12.7 Å². The van der Waals surface area contributed by atoms with Gasteiger partial charge in [0.15, 0.2) is 11.5 Å². The first-order chi connectivity index (χ1) is 12.8. The van der Waals surface area contributed by atoms with Gasteiger partial charge in [0.1, 0.15) is 7.11 Å². The summed E-state index contributed by atoms with van der Waals surface area (Å²) in [6.07, 6.45) is 0.832. The van der Waals surface area contributed by atoms with E-state index >= 15 is 0 Å². The molecule has 2 aliphatic rings. The second-order valence-electron chi connectivity index (χ2n) is 6.31. The molecule has 0 bridgehead atoms. The largest absolute Gasteiger partial charge is 0.478 e. The van der Waals surface area contributed by atoms with Gasteiger partial charge in [-0.15, -0.1) is 11.8 Å². The van der Waals surface area contributed by atoms with Crippen LogP contribution in [-0.2, 0) is 16.0 Å². The topological polar surface area (TPSA) is 49.3 Å². The van der Waals surface area contributed by atoms with Crippen LogP contribution in [0.3, 0.4) is 0 Å². The summed E-state index contributed by atoms with van der Waals surface area (Å²) in [5.41, 5.74) is 1.18. The summed E-state index contributed by atoms with van der Waals surface area (Å²) in [6.45, 7) is 0.954. The fourth-order valence-electron chi connectivity index (χ4n) is 3.26. The number of benzene rings is 2. The normalized spacial score (nSPS) is 22.4. The Bertz CT molecular complexity index is 781. The molecule has 0 spiro atoms. The highest BCUT2D eigenvalue weighted by Gasteiger charge is 2.36. The van der Waals surface area contributed by atoms with Gasteiger partial charge in [-0.05, 0) is 36.2 Å². The van der Waals surface area contributed by atoms with Crippen LogP contribution in [0.4, 0.5) is 0 Å². The highest BCUT2D eigenvalue weighted by Crippen LogP contribution is 2.36. The predicted molar refractivity (Wildman–Crippen MR) is 101 cm³/mol. The maximum absolute atomic E-state index is 5.83. The van der Waals surface area contributed by atoms with Gasteiger partial charge in [0.25, 0.3) is 0 Å². The van der Waals surface area contributed by atoms with Crippen molar-refractivity contribution in [1.82, 2.24) is 0 Å². The lowest BCUT2D eigenvalue weighted by atomic mass is 9.90. The van der Waals surface area contributed by atoms with Crippen LogP contribution in [0.2, 0.25) is 0 Å². The minimum absolute atomic E-state index is 0.187. The predicted octanol–water partition coefficient (Wildman–Crippen LogP) is 3.97. The van der Waals surface area contributed by atoms with Crippen molar-refractivity contribution in [1.29, 1.82) is 0 Å². The number of thioether (sulfide) groups is 1. The van der Waals surface area contributed by atoms with Crippen LogP contribution in [0.25, 0.3) is 0 Å². The molecule has 1 fully saturated rings. The van der Waals surface area contributed by atoms with Crippen molar-refractivity contribution in [2.45, 2.75) is 11.3 Å². The van der Waals surface area contributed by atoms with Crippen molar-refractivity contribution in [2.75, 3.05) is 26.3 Å². The van der Waals surface area contributed by atoms with Crippen molar-refractivity contribution >= 4 is 17.7 Å². The van der Waals surface area contributed by atoms with Crippen molar-refractivity contribution < 1.29 is 19.0 Å². The first kappa shape index (κ1) is 17.1. The number of hydrogen-bond donors (Lipinski definition) is 0. The Balaban J connectivity index is 1.48. The number of rotatable bonds is 6. The highest BCUT2D eigenvalue weighted by molar-refractivity contribution is 7.99. The maximum Gasteiger partial charge on any atom is 0.231 e. The highest BCUT2D eigenvalue weighted by atomic mass is 32.2. The fraction of sp³-hybridized carbons (Fsp3) is 0.350. The Morgan fingerprint density at radius 1 is 1.08 bits per heavy atom. The van der Waals surface area contributed by atoms with Gasteiger partial charge in [0, 0.05) is 22.5 Å². The maximum atomic E-state index is 5.83. The lowest BCUT2D eigenvalue weighted by molar-refractivity contribution is 0.174. The Kier molecular flexibility index (Phi) is 5.20. The number of nitrogens with zero attached hydrogens (tertiary/aromatic N) is 1. The molecule has 0 N–H and O–H groups in total. The summed E-state index contributed by atoms with van der Waals surface area (Å²) in [7, 11) is 1.56. The van der Waals surface area contributed by atoms with Gasteiger partial charge in [0.2, 0.25) is 12.7 Å². The summed E-state index contributed by atoms with van der Waals surface area (Å²) in [6, 6.07) is 16.5. The zero-order valence-electron chi connectivity index (χ0n) is 14.6. The van der Waals surface area contributed by atoms with E-state index in [1.807, 2.05) is 30.0 Å². The third-order valence-electron chi connectivity index (χ3n) is 4.61. The summed E-state index contributed by atoms with van der Waals surface area (Å²) in [4.78, 5) is 6.26. The molecule has 2 aromatic rings. The van der Waals surface area contributed by atoms with Gasteiger partial charge >= 0.3 is 0 Å². The monoisotopic (exact) mass is 371 g/mol. The number of fused-ring (bicyclic) bond motifs is 1. The summed E-state index contributed by atoms with van der Waals surface area (Å²) < 4.78 is 16.7. The molecule has 0 radical (unpaired) electrons. The molecule has 6 heteroatoms. The van der Waals surface area contributed by atoms with E-state index in [9.17, 15) is 0 Å². The second kappa shape index (κ2) is 7.91. The van der Waals surface area contributed by atoms with Crippen molar-refractivity contribution in [3.63, 3.8) is 0 Å². The molecule has 2 aliphatic heterocycles. The second-order valence-corrected chi connectivity index (χ2v) is 7.40. The molecule has 2 atom stereocenters. The Hall–Kier alpha value is -2.34. The lowest BCUT2D eigenvalue weighted by Crippen LogP contribution is -2.21. The van der Waals surface area contributed by atoms with Gasteiger partial charge in [-0.25, -0.2) is 0 Å². The number of oxime groups is 1. The molecule has 0 amide bonds. The summed E-state index contributed by atoms with van der Waals surface area (Å²) in [5.74, 6) is 3.83. The van der Waals surface area contributed by atoms with Crippen molar-refractivity contribution in [3.05, 3.63) is 54.1 Å². The molecule has 4 rings (SSSR count). The molecule has 1 saturated heterocycles. The summed E-state index contributed by atoms with van der Waals surface area (Å²) >= 11 is 1.85. The fourth-order valence-corrected chi connectivity index (χ4v) is 4.35. The van der Waals surface area contributed by atoms with E-state index in [0.717, 1.165) is 23.7 Å². The van der Waals surface area contributed by atoms with E-state index < -0.39 is 0 Å². The Labute approximate surface area is 157 Å². The average Bonchev–Trinajstić information content (AvgIpc) is 3.28. The molecule has 0 saturated carbocycles. The third kappa shape index (κ3) is 3.75. The zero-order chi connectivity index (χ0) is 17.8. The van der Waals surface area contributed by atoms with Gasteiger partial charge in [-0.3, -0.25) is 0 Å². The molecule has 2 aromatic carbocycles. The molecular formula is C20H21NO4S. The van der Waals surface area contributed by atoms with E-state index in [0.29, 0.717) is 18.4 Å². The van der Waals surface area contributed by atoms with Crippen LogP contribution in [0.15, 0.2) is 58.6 Å². The smallest absolute Gasteiger partial charge is 0.231 e. The van der Waals surface area contributed by atoms with E-state index in [1.54, 1.807) is 7.11 Å². The molecule has 0 aromatic heterocycles. The van der Waals surface area contributed by atoms with Gasteiger partial charge in [-0.2, -0.15) is 0 Å². The van der Waals surface area contributed by atoms with E-state index in [4.69, 9.17) is 19.0 Å². The first-order valence-electron chi connectivity index (χ1n) is 8.63. The van der Waals surface area contributed by atoms with Crippen LogP contribution in [0, 0.1) is 11.8 Å². The van der Waals surface area contributed by atoms with E-state index in [1.165, 1.54) is 10.5 Å². The van der Waals surface area contributed by atoms with Crippen molar-refractivity contribution in [2.24, 2.45) is 17.0 Å². The van der Waals surface area contributed by atoms with Crippen LogP contribution >= 0.6 is 11.8 Å². The van der Waals surface area contributed by atoms with Crippen LogP contribution in [-0.4, -0.2) is 32.2 Å². The molecule has 2 heterocycles. The number of hydrogen-bond acceptors (Lipinski definition) is 6. The van der Waals surface area contributed by atoms with Gasteiger partial charge in [0.05, 0.1) is 6.61 Å².